The van der Waals surface area contributed by atoms with Gasteiger partial charge in [0.15, 0.2) is 5.65 Å². The lowest BCUT2D eigenvalue weighted by atomic mass is 10.0. The monoisotopic (exact) mass is 287 g/mol. The Kier molecular flexibility index (Phi) is 3.63. The number of nitrogens with zero attached hydrogens (tertiary/aromatic N) is 3. The quantitative estimate of drug-likeness (QED) is 0.905. The minimum absolute atomic E-state index is 0.0115. The molecule has 0 radical (unpaired) electrons. The van der Waals surface area contributed by atoms with Gasteiger partial charge in [0.2, 0.25) is 5.91 Å². The van der Waals surface area contributed by atoms with E-state index < -0.39 is 0 Å². The molecule has 1 aliphatic rings. The van der Waals surface area contributed by atoms with Crippen LogP contribution in [-0.2, 0) is 4.79 Å². The molecule has 1 saturated heterocycles. The number of pyridine rings is 1. The Labute approximate surface area is 123 Å². The largest absolute Gasteiger partial charge is 0.323 e. The first kappa shape index (κ1) is 14.0. The topological polar surface area (TPSA) is 71.8 Å². The van der Waals surface area contributed by atoms with Crippen molar-refractivity contribution in [1.29, 1.82) is 0 Å². The van der Waals surface area contributed by atoms with Gasteiger partial charge >= 0.3 is 0 Å². The molecule has 2 aromatic heterocycles. The minimum atomic E-state index is -0.112. The van der Waals surface area contributed by atoms with Crippen LogP contribution in [-0.4, -0.2) is 33.3 Å². The van der Waals surface area contributed by atoms with Crippen molar-refractivity contribution in [2.24, 2.45) is 5.92 Å². The Morgan fingerprint density at radius 1 is 1.48 bits per heavy atom. The van der Waals surface area contributed by atoms with Gasteiger partial charge in [-0.15, -0.1) is 0 Å². The van der Waals surface area contributed by atoms with Crippen LogP contribution in [0.2, 0.25) is 0 Å². The molecule has 0 bridgehead atoms. The van der Waals surface area contributed by atoms with E-state index in [0.717, 1.165) is 29.7 Å². The molecule has 3 rings (SSSR count). The van der Waals surface area contributed by atoms with Crippen molar-refractivity contribution < 1.29 is 4.79 Å². The molecule has 0 spiro atoms. The second-order valence-electron chi connectivity index (χ2n) is 6.01. The molecule has 0 saturated carbocycles. The molecule has 2 atom stereocenters. The number of nitrogens with one attached hydrogen (secondary N) is 2. The van der Waals surface area contributed by atoms with E-state index in [0.29, 0.717) is 5.92 Å². The van der Waals surface area contributed by atoms with Crippen LogP contribution in [0.25, 0.3) is 11.0 Å². The minimum Gasteiger partial charge on any atom is -0.323 e. The smallest absolute Gasteiger partial charge is 0.241 e. The standard InChI is InChI=1S/C15H21N5O/c1-9(2)20-14-11(7-18-20)6-12(8-17-14)19-15(21)13-10(3)4-5-16-13/h6-10,13,16H,4-5H2,1-3H3,(H,19,21). The SMILES string of the molecule is CC1CCNC1C(=O)Nc1cnc2c(cnn2C(C)C)c1. The van der Waals surface area contributed by atoms with Crippen LogP contribution in [0.15, 0.2) is 18.5 Å². The molecule has 0 aromatic carbocycles. The summed E-state index contributed by atoms with van der Waals surface area (Å²) in [7, 11) is 0. The van der Waals surface area contributed by atoms with E-state index in [1.807, 2.05) is 10.7 Å². The number of hydrogen-bond acceptors (Lipinski definition) is 4. The lowest BCUT2D eigenvalue weighted by Gasteiger charge is -2.15. The van der Waals surface area contributed by atoms with E-state index in [2.05, 4.69) is 41.5 Å². The molecular weight excluding hydrogens is 266 g/mol. The Morgan fingerprint density at radius 2 is 2.29 bits per heavy atom. The van der Waals surface area contributed by atoms with Crippen molar-refractivity contribution >= 4 is 22.6 Å². The average Bonchev–Trinajstić information content (AvgIpc) is 3.04. The molecule has 0 aliphatic carbocycles. The van der Waals surface area contributed by atoms with E-state index >= 15 is 0 Å². The van der Waals surface area contributed by atoms with Gasteiger partial charge in [0, 0.05) is 11.4 Å². The molecule has 1 aliphatic heterocycles. The third-order valence-corrected chi connectivity index (χ3v) is 4.01. The molecule has 2 aromatic rings. The van der Waals surface area contributed by atoms with Gasteiger partial charge in [-0.1, -0.05) is 6.92 Å². The zero-order valence-corrected chi connectivity index (χ0v) is 12.6. The van der Waals surface area contributed by atoms with Crippen LogP contribution in [0.1, 0.15) is 33.2 Å². The summed E-state index contributed by atoms with van der Waals surface area (Å²) < 4.78 is 1.88. The number of carbonyl (C=O) groups excluding carboxylic acids is 1. The number of fused-ring (bicyclic) bond motifs is 1. The summed E-state index contributed by atoms with van der Waals surface area (Å²) in [5.41, 5.74) is 1.56. The molecule has 2 unspecified atom stereocenters. The van der Waals surface area contributed by atoms with Gasteiger partial charge < -0.3 is 10.6 Å². The zero-order chi connectivity index (χ0) is 15.0. The van der Waals surface area contributed by atoms with E-state index in [1.54, 1.807) is 12.4 Å². The number of rotatable bonds is 3. The van der Waals surface area contributed by atoms with Gasteiger partial charge in [0.1, 0.15) is 0 Å². The molecule has 1 fully saturated rings. The highest BCUT2D eigenvalue weighted by Crippen LogP contribution is 2.20. The maximum atomic E-state index is 12.3. The third kappa shape index (κ3) is 2.63. The van der Waals surface area contributed by atoms with Gasteiger partial charge in [-0.2, -0.15) is 5.10 Å². The first-order chi connectivity index (χ1) is 10.1. The second kappa shape index (κ2) is 5.44. The Balaban J connectivity index is 1.80. The zero-order valence-electron chi connectivity index (χ0n) is 12.6. The summed E-state index contributed by atoms with van der Waals surface area (Å²) in [6.45, 7) is 7.13. The van der Waals surface area contributed by atoms with Crippen LogP contribution in [0, 0.1) is 5.92 Å². The van der Waals surface area contributed by atoms with Crippen molar-refractivity contribution in [2.45, 2.75) is 39.3 Å². The van der Waals surface area contributed by atoms with Gasteiger partial charge in [-0.3, -0.25) is 4.79 Å². The summed E-state index contributed by atoms with van der Waals surface area (Å²) in [5, 5.41) is 11.5. The number of carbonyl (C=O) groups is 1. The van der Waals surface area contributed by atoms with Crippen molar-refractivity contribution in [3.63, 3.8) is 0 Å². The maximum Gasteiger partial charge on any atom is 0.241 e. The Bertz CT molecular complexity index is 663. The van der Waals surface area contributed by atoms with Crippen LogP contribution in [0.5, 0.6) is 0 Å². The second-order valence-corrected chi connectivity index (χ2v) is 6.01. The fraction of sp³-hybridized carbons (Fsp3) is 0.533. The molecule has 21 heavy (non-hydrogen) atoms. The number of amides is 1. The van der Waals surface area contributed by atoms with Crippen LogP contribution < -0.4 is 10.6 Å². The molecular formula is C15H21N5O. The molecule has 6 nitrogen and oxygen atoms in total. The third-order valence-electron chi connectivity index (χ3n) is 4.01. The first-order valence-electron chi connectivity index (χ1n) is 7.44. The summed E-state index contributed by atoms with van der Waals surface area (Å²) in [4.78, 5) is 16.7. The molecule has 2 N–H and O–H groups in total. The fourth-order valence-corrected chi connectivity index (χ4v) is 2.79. The van der Waals surface area contributed by atoms with Crippen molar-refractivity contribution in [1.82, 2.24) is 20.1 Å². The summed E-state index contributed by atoms with van der Waals surface area (Å²) >= 11 is 0. The highest BCUT2D eigenvalue weighted by Gasteiger charge is 2.29. The van der Waals surface area contributed by atoms with E-state index in [9.17, 15) is 4.79 Å². The van der Waals surface area contributed by atoms with Crippen LogP contribution >= 0.6 is 0 Å². The number of anilines is 1. The highest BCUT2D eigenvalue weighted by molar-refractivity contribution is 5.96. The Hall–Kier alpha value is -1.95. The molecule has 6 heteroatoms. The van der Waals surface area contributed by atoms with Crippen LogP contribution in [0.4, 0.5) is 5.69 Å². The van der Waals surface area contributed by atoms with Gasteiger partial charge in [-0.25, -0.2) is 9.67 Å². The summed E-state index contributed by atoms with van der Waals surface area (Å²) in [6, 6.07) is 2.07. The van der Waals surface area contributed by atoms with E-state index in [4.69, 9.17) is 0 Å². The highest BCUT2D eigenvalue weighted by atomic mass is 16.2. The van der Waals surface area contributed by atoms with E-state index in [-0.39, 0.29) is 18.0 Å². The normalized spacial score (nSPS) is 22.1. The fourth-order valence-electron chi connectivity index (χ4n) is 2.79. The Morgan fingerprint density at radius 3 is 2.95 bits per heavy atom. The van der Waals surface area contributed by atoms with Gasteiger partial charge in [0.05, 0.1) is 24.1 Å². The lowest BCUT2D eigenvalue weighted by molar-refractivity contribution is -0.118. The summed E-state index contributed by atoms with van der Waals surface area (Å²) in [5.74, 6) is 0.378. The van der Waals surface area contributed by atoms with Gasteiger partial charge in [-0.05, 0) is 38.8 Å². The molecule has 3 heterocycles. The molecule has 112 valence electrons. The van der Waals surface area contributed by atoms with E-state index in [1.165, 1.54) is 0 Å². The lowest BCUT2D eigenvalue weighted by Crippen LogP contribution is -2.39. The average molecular weight is 287 g/mol. The first-order valence-corrected chi connectivity index (χ1v) is 7.44. The van der Waals surface area contributed by atoms with Crippen molar-refractivity contribution in [3.8, 4) is 0 Å². The van der Waals surface area contributed by atoms with Crippen molar-refractivity contribution in [3.05, 3.63) is 18.5 Å². The van der Waals surface area contributed by atoms with Gasteiger partial charge in [0.25, 0.3) is 0 Å². The predicted molar refractivity (Wildman–Crippen MR) is 82.1 cm³/mol. The van der Waals surface area contributed by atoms with Crippen molar-refractivity contribution in [2.75, 3.05) is 11.9 Å². The van der Waals surface area contributed by atoms with Crippen LogP contribution in [0.3, 0.4) is 0 Å². The maximum absolute atomic E-state index is 12.3. The number of hydrogen-bond donors (Lipinski definition) is 2. The molecule has 1 amide bonds. The summed E-state index contributed by atoms with van der Waals surface area (Å²) in [6.07, 6.45) is 4.52. The number of aromatic nitrogens is 3. The predicted octanol–water partition coefficient (Wildman–Crippen LogP) is 1.95.